The number of epoxide rings is 2. The van der Waals surface area contributed by atoms with Crippen LogP contribution in [-0.2, 0) is 14.3 Å². The number of hydrogen-bond acceptors (Lipinski definition) is 4. The lowest BCUT2D eigenvalue weighted by Crippen LogP contribution is -2.39. The number of hydrogen-bond donors (Lipinski definition) is 3. The highest BCUT2D eigenvalue weighted by Crippen LogP contribution is 2.58. The number of rotatable bonds is 6. The quantitative estimate of drug-likeness (QED) is 0.467. The third-order valence-electron chi connectivity index (χ3n) is 6.59. The fourth-order valence-corrected chi connectivity index (χ4v) is 4.75. The molecular weight excluding hydrogens is 396 g/mol. The van der Waals surface area contributed by atoms with E-state index in [1.165, 1.54) is 31.3 Å². The number of nitrogens with one attached hydrogen (secondary N) is 1. The van der Waals surface area contributed by atoms with Crippen LogP contribution in [0.15, 0.2) is 42.0 Å². The summed E-state index contributed by atoms with van der Waals surface area (Å²) < 4.78 is 11.8. The predicted molar refractivity (Wildman–Crippen MR) is 118 cm³/mol. The summed E-state index contributed by atoms with van der Waals surface area (Å²) in [6, 6.07) is 7.44. The fraction of sp³-hybridized carbons (Fsp3) is 0.583. The molecule has 0 aromatic heterocycles. The summed E-state index contributed by atoms with van der Waals surface area (Å²) in [5.41, 5.74) is 7.29. The van der Waals surface area contributed by atoms with E-state index in [0.29, 0.717) is 17.6 Å². The van der Waals surface area contributed by atoms with Crippen LogP contribution in [0.5, 0.6) is 0 Å². The number of nitrogens with two attached hydrogens (primary N) is 1. The molecule has 3 aliphatic rings. The maximum Gasteiger partial charge on any atom is 0.405 e. The van der Waals surface area contributed by atoms with Crippen LogP contribution >= 0.6 is 0 Å². The summed E-state index contributed by atoms with van der Waals surface area (Å²) in [5, 5.41) is 10.5. The SMILES string of the molecule is CC(C)=CCC1OC1(C)C1CCCCC12CO2.NC(=O)C(NC(=O)O)c1ccccc1. The van der Waals surface area contributed by atoms with Gasteiger partial charge in [-0.15, -0.1) is 0 Å². The van der Waals surface area contributed by atoms with E-state index in [0.717, 1.165) is 13.0 Å². The lowest BCUT2D eigenvalue weighted by atomic mass is 9.71. The standard InChI is InChI=1S/C15H24O2.C9H10N2O3/c1-11(2)7-8-13-14(3,17-13)12-6-4-5-9-15(12)10-16-15;10-8(12)7(11-9(13)14)6-4-2-1-3-5-6/h7,12-13H,4-6,8-10H2,1-3H3;1-5,7,11H,(H2,10,12)(H,13,14). The van der Waals surface area contributed by atoms with Gasteiger partial charge in [0.1, 0.15) is 6.04 Å². The van der Waals surface area contributed by atoms with E-state index in [2.05, 4.69) is 26.8 Å². The van der Waals surface area contributed by atoms with Crippen LogP contribution < -0.4 is 11.1 Å². The molecule has 3 fully saturated rings. The van der Waals surface area contributed by atoms with Crippen LogP contribution in [-0.4, -0.2) is 41.0 Å². The van der Waals surface area contributed by atoms with Crippen molar-refractivity contribution in [3.63, 3.8) is 0 Å². The minimum atomic E-state index is -1.28. The van der Waals surface area contributed by atoms with E-state index < -0.39 is 18.0 Å². The number of primary amides is 1. The molecule has 31 heavy (non-hydrogen) atoms. The first-order valence-electron chi connectivity index (χ1n) is 11.0. The van der Waals surface area contributed by atoms with Crippen LogP contribution in [0, 0.1) is 5.92 Å². The van der Waals surface area contributed by atoms with Crippen LogP contribution in [0.3, 0.4) is 0 Å². The fourth-order valence-electron chi connectivity index (χ4n) is 4.75. The van der Waals surface area contributed by atoms with E-state index >= 15 is 0 Å². The second-order valence-electron chi connectivity index (χ2n) is 9.15. The molecular formula is C24H34N2O5. The Balaban J connectivity index is 0.000000180. The number of amides is 2. The molecule has 1 aliphatic carbocycles. The van der Waals surface area contributed by atoms with Crippen LogP contribution in [0.1, 0.15) is 64.5 Å². The van der Waals surface area contributed by atoms with Crippen molar-refractivity contribution < 1.29 is 24.2 Å². The van der Waals surface area contributed by atoms with E-state index in [-0.39, 0.29) is 11.2 Å². The zero-order valence-corrected chi connectivity index (χ0v) is 18.6. The van der Waals surface area contributed by atoms with Gasteiger partial charge >= 0.3 is 6.09 Å². The average Bonchev–Trinajstić information content (AvgIpc) is 3.64. The molecule has 1 aromatic rings. The zero-order chi connectivity index (χ0) is 22.6. The first kappa shape index (κ1) is 23.3. The molecule has 7 nitrogen and oxygen atoms in total. The second-order valence-corrected chi connectivity index (χ2v) is 9.15. The van der Waals surface area contributed by atoms with E-state index in [9.17, 15) is 9.59 Å². The third-order valence-corrected chi connectivity index (χ3v) is 6.59. The number of allylic oxidation sites excluding steroid dienone is 1. The molecule has 5 unspecified atom stereocenters. The van der Waals surface area contributed by atoms with Crippen molar-refractivity contribution in [1.29, 1.82) is 0 Å². The molecule has 2 amide bonds. The maximum atomic E-state index is 10.9. The number of carbonyl (C=O) groups excluding carboxylic acids is 1. The largest absolute Gasteiger partial charge is 0.465 e. The molecule has 1 saturated carbocycles. The molecule has 170 valence electrons. The highest BCUT2D eigenvalue weighted by atomic mass is 16.6. The summed E-state index contributed by atoms with van der Waals surface area (Å²) in [5.74, 6) is -0.0853. The molecule has 2 aliphatic heterocycles. The van der Waals surface area contributed by atoms with Crippen molar-refractivity contribution in [1.82, 2.24) is 5.32 Å². The third kappa shape index (κ3) is 5.66. The van der Waals surface area contributed by atoms with Crippen LogP contribution in [0.4, 0.5) is 4.79 Å². The highest BCUT2D eigenvalue weighted by Gasteiger charge is 2.67. The lowest BCUT2D eigenvalue weighted by Gasteiger charge is -2.32. The van der Waals surface area contributed by atoms with Gasteiger partial charge in [0.15, 0.2) is 0 Å². The summed E-state index contributed by atoms with van der Waals surface area (Å²) in [4.78, 5) is 21.3. The molecule has 4 N–H and O–H groups in total. The normalized spacial score (nSPS) is 31.6. The summed E-state index contributed by atoms with van der Waals surface area (Å²) in [6.07, 6.45) is 7.77. The van der Waals surface area contributed by atoms with E-state index in [1.54, 1.807) is 30.3 Å². The van der Waals surface area contributed by atoms with Crippen molar-refractivity contribution in [3.8, 4) is 0 Å². The van der Waals surface area contributed by atoms with Gasteiger partial charge in [0.05, 0.1) is 23.9 Å². The number of carboxylic acid groups (broad SMARTS) is 1. The Morgan fingerprint density at radius 3 is 2.52 bits per heavy atom. The van der Waals surface area contributed by atoms with Gasteiger partial charge in [0.25, 0.3) is 0 Å². The van der Waals surface area contributed by atoms with Gasteiger partial charge in [-0.25, -0.2) is 4.79 Å². The monoisotopic (exact) mass is 430 g/mol. The molecule has 1 spiro atoms. The zero-order valence-electron chi connectivity index (χ0n) is 18.6. The van der Waals surface area contributed by atoms with Crippen molar-refractivity contribution in [2.24, 2.45) is 11.7 Å². The Morgan fingerprint density at radius 1 is 1.29 bits per heavy atom. The second kappa shape index (κ2) is 9.40. The predicted octanol–water partition coefficient (Wildman–Crippen LogP) is 3.94. The van der Waals surface area contributed by atoms with Gasteiger partial charge in [-0.3, -0.25) is 4.79 Å². The molecule has 0 bridgehead atoms. The lowest BCUT2D eigenvalue weighted by molar-refractivity contribution is -0.120. The van der Waals surface area contributed by atoms with E-state index in [1.807, 2.05) is 5.32 Å². The molecule has 2 saturated heterocycles. The molecule has 0 radical (unpaired) electrons. The first-order valence-corrected chi connectivity index (χ1v) is 11.0. The minimum Gasteiger partial charge on any atom is -0.465 e. The van der Waals surface area contributed by atoms with Gasteiger partial charge in [0.2, 0.25) is 5.91 Å². The van der Waals surface area contributed by atoms with Crippen molar-refractivity contribution in [2.45, 2.75) is 76.2 Å². The molecule has 1 aromatic carbocycles. The maximum absolute atomic E-state index is 10.9. The van der Waals surface area contributed by atoms with Gasteiger partial charge in [-0.2, -0.15) is 0 Å². The average molecular weight is 431 g/mol. The number of carbonyl (C=O) groups is 2. The van der Waals surface area contributed by atoms with Gasteiger partial charge in [0, 0.05) is 5.92 Å². The topological polar surface area (TPSA) is 117 Å². The molecule has 2 heterocycles. The van der Waals surface area contributed by atoms with Crippen LogP contribution in [0.25, 0.3) is 0 Å². The Labute approximate surface area is 184 Å². The van der Waals surface area contributed by atoms with Crippen molar-refractivity contribution >= 4 is 12.0 Å². The van der Waals surface area contributed by atoms with Gasteiger partial charge < -0.3 is 25.6 Å². The summed E-state index contributed by atoms with van der Waals surface area (Å²) >= 11 is 0. The molecule has 7 heteroatoms. The Morgan fingerprint density at radius 2 is 1.97 bits per heavy atom. The molecule has 4 rings (SSSR count). The first-order chi connectivity index (χ1) is 14.7. The van der Waals surface area contributed by atoms with E-state index in [4.69, 9.17) is 20.3 Å². The smallest absolute Gasteiger partial charge is 0.405 e. The Hall–Kier alpha value is -2.38. The minimum absolute atomic E-state index is 0.100. The van der Waals surface area contributed by atoms with Crippen molar-refractivity contribution in [2.75, 3.05) is 6.61 Å². The summed E-state index contributed by atoms with van der Waals surface area (Å²) in [6.45, 7) is 7.60. The Kier molecular flexibility index (Phi) is 7.06. The summed E-state index contributed by atoms with van der Waals surface area (Å²) in [7, 11) is 0. The molecule has 5 atom stereocenters. The van der Waals surface area contributed by atoms with Crippen LogP contribution in [0.2, 0.25) is 0 Å². The number of ether oxygens (including phenoxy) is 2. The number of benzene rings is 1. The Bertz CT molecular complexity index is 817. The van der Waals surface area contributed by atoms with Crippen molar-refractivity contribution in [3.05, 3.63) is 47.5 Å². The van der Waals surface area contributed by atoms with Gasteiger partial charge in [-0.05, 0) is 45.6 Å². The van der Waals surface area contributed by atoms with Gasteiger partial charge in [-0.1, -0.05) is 54.8 Å². The highest BCUT2D eigenvalue weighted by molar-refractivity contribution is 5.85.